The molecule has 0 bridgehead atoms. The molecule has 1 aliphatic heterocycles. The van der Waals surface area contributed by atoms with Crippen molar-refractivity contribution in [2.45, 2.75) is 51.1 Å². The van der Waals surface area contributed by atoms with Crippen LogP contribution in [0.25, 0.3) is 0 Å². The molecule has 2 N–H and O–H groups in total. The Morgan fingerprint density at radius 3 is 2.45 bits per heavy atom. The van der Waals surface area contributed by atoms with Crippen LogP contribution in [0, 0.1) is 0 Å². The van der Waals surface area contributed by atoms with E-state index in [0.29, 0.717) is 31.4 Å². The van der Waals surface area contributed by atoms with Gasteiger partial charge in [0, 0.05) is 31.8 Å². The Labute approximate surface area is 123 Å². The minimum Gasteiger partial charge on any atom is -0.383 e. The second kappa shape index (κ2) is 7.73. The maximum absolute atomic E-state index is 12.1. The smallest absolute Gasteiger partial charge is 0.152 e. The lowest BCUT2D eigenvalue weighted by Crippen LogP contribution is -2.63. The van der Waals surface area contributed by atoms with Gasteiger partial charge >= 0.3 is 0 Å². The number of sulfone groups is 1. The van der Waals surface area contributed by atoms with E-state index in [4.69, 9.17) is 10.5 Å². The van der Waals surface area contributed by atoms with Crippen LogP contribution in [-0.4, -0.2) is 63.2 Å². The molecule has 6 heteroatoms. The normalized spacial score (nSPS) is 26.3. The second-order valence-electron chi connectivity index (χ2n) is 5.78. The van der Waals surface area contributed by atoms with Gasteiger partial charge in [-0.1, -0.05) is 13.8 Å². The maximum atomic E-state index is 12.1. The summed E-state index contributed by atoms with van der Waals surface area (Å²) in [6.45, 7) is 6.05. The fourth-order valence-corrected chi connectivity index (χ4v) is 5.38. The number of methoxy groups -OCH3 is 1. The fourth-order valence-electron chi connectivity index (χ4n) is 3.41. The van der Waals surface area contributed by atoms with Crippen LogP contribution in [0.4, 0.5) is 0 Å². The molecule has 0 aromatic heterocycles. The highest BCUT2D eigenvalue weighted by molar-refractivity contribution is 7.91. The van der Waals surface area contributed by atoms with Gasteiger partial charge in [0.25, 0.3) is 0 Å². The molecule has 1 unspecified atom stereocenters. The van der Waals surface area contributed by atoms with Crippen molar-refractivity contribution >= 4 is 9.84 Å². The highest BCUT2D eigenvalue weighted by Gasteiger charge is 2.44. The third-order valence-corrected chi connectivity index (χ3v) is 6.38. The van der Waals surface area contributed by atoms with Crippen LogP contribution >= 0.6 is 0 Å². The van der Waals surface area contributed by atoms with E-state index in [1.165, 1.54) is 0 Å². The zero-order chi connectivity index (χ0) is 15.2. The average Bonchev–Trinajstić information content (AvgIpc) is 2.42. The first-order valence-electron chi connectivity index (χ1n) is 7.61. The number of ether oxygens (including phenoxy) is 1. The Kier molecular flexibility index (Phi) is 6.91. The summed E-state index contributed by atoms with van der Waals surface area (Å²) in [7, 11) is -1.31. The van der Waals surface area contributed by atoms with Crippen molar-refractivity contribution in [3.8, 4) is 0 Å². The average molecular weight is 306 g/mol. The largest absolute Gasteiger partial charge is 0.383 e. The molecule has 0 spiro atoms. The Hall–Kier alpha value is -0.170. The molecule has 1 atom stereocenters. The minimum atomic E-state index is -2.98. The minimum absolute atomic E-state index is 0.191. The van der Waals surface area contributed by atoms with Crippen molar-refractivity contribution in [3.63, 3.8) is 0 Å². The van der Waals surface area contributed by atoms with Crippen LogP contribution in [-0.2, 0) is 14.6 Å². The molecule has 1 aliphatic rings. The van der Waals surface area contributed by atoms with Crippen LogP contribution < -0.4 is 5.73 Å². The Morgan fingerprint density at radius 2 is 2.00 bits per heavy atom. The Morgan fingerprint density at radius 1 is 1.35 bits per heavy atom. The highest BCUT2D eigenvalue weighted by atomic mass is 32.2. The van der Waals surface area contributed by atoms with E-state index in [2.05, 4.69) is 18.7 Å². The van der Waals surface area contributed by atoms with E-state index in [1.54, 1.807) is 7.11 Å². The van der Waals surface area contributed by atoms with Crippen molar-refractivity contribution < 1.29 is 13.2 Å². The summed E-state index contributed by atoms with van der Waals surface area (Å²) in [5.41, 5.74) is 5.62. The molecule has 0 aliphatic carbocycles. The molecule has 1 rings (SSSR count). The standard InChI is InChI=1S/C14H30N2O3S/c1-4-13(5-2)16(8-9-19-3)14(11-15)7-6-10-20(17,18)12-14/h13H,4-12,15H2,1-3H3. The fraction of sp³-hybridized carbons (Fsp3) is 1.00. The first kappa shape index (κ1) is 17.9. The maximum Gasteiger partial charge on any atom is 0.152 e. The monoisotopic (exact) mass is 306 g/mol. The lowest BCUT2D eigenvalue weighted by atomic mass is 9.90. The van der Waals surface area contributed by atoms with E-state index in [9.17, 15) is 8.42 Å². The van der Waals surface area contributed by atoms with E-state index in [-0.39, 0.29) is 5.75 Å². The van der Waals surface area contributed by atoms with Gasteiger partial charge < -0.3 is 10.5 Å². The number of nitrogens with zero attached hydrogens (tertiary/aromatic N) is 1. The summed E-state index contributed by atoms with van der Waals surface area (Å²) in [6.07, 6.45) is 3.58. The molecule has 1 heterocycles. The van der Waals surface area contributed by atoms with Gasteiger partial charge in [0.05, 0.1) is 18.1 Å². The lowest BCUT2D eigenvalue weighted by Gasteiger charge is -2.49. The zero-order valence-electron chi connectivity index (χ0n) is 13.1. The van der Waals surface area contributed by atoms with Gasteiger partial charge in [0.2, 0.25) is 0 Å². The van der Waals surface area contributed by atoms with Crippen molar-refractivity contribution in [2.75, 3.05) is 38.3 Å². The number of nitrogens with two attached hydrogens (primary N) is 1. The van der Waals surface area contributed by atoms with E-state index < -0.39 is 15.4 Å². The summed E-state index contributed by atoms with van der Waals surface area (Å²) in [4.78, 5) is 2.31. The lowest BCUT2D eigenvalue weighted by molar-refractivity contribution is 0.0242. The van der Waals surface area contributed by atoms with E-state index in [0.717, 1.165) is 25.8 Å². The second-order valence-corrected chi connectivity index (χ2v) is 7.96. The topological polar surface area (TPSA) is 72.6 Å². The number of rotatable bonds is 8. The Bertz CT molecular complexity index is 382. The predicted molar refractivity (Wildman–Crippen MR) is 82.6 cm³/mol. The number of hydrogen-bond donors (Lipinski definition) is 1. The zero-order valence-corrected chi connectivity index (χ0v) is 13.9. The third kappa shape index (κ3) is 4.16. The summed E-state index contributed by atoms with van der Waals surface area (Å²) in [5.74, 6) is 0.493. The molecule has 5 nitrogen and oxygen atoms in total. The third-order valence-electron chi connectivity index (χ3n) is 4.49. The van der Waals surface area contributed by atoms with Crippen LogP contribution in [0.3, 0.4) is 0 Å². The van der Waals surface area contributed by atoms with Crippen molar-refractivity contribution in [3.05, 3.63) is 0 Å². The van der Waals surface area contributed by atoms with E-state index >= 15 is 0 Å². The molecule has 1 saturated heterocycles. The molecule has 0 aromatic carbocycles. The molecule has 20 heavy (non-hydrogen) atoms. The van der Waals surface area contributed by atoms with Gasteiger partial charge in [-0.05, 0) is 25.7 Å². The van der Waals surface area contributed by atoms with Crippen molar-refractivity contribution in [2.24, 2.45) is 5.73 Å². The number of hydrogen-bond acceptors (Lipinski definition) is 5. The highest BCUT2D eigenvalue weighted by Crippen LogP contribution is 2.31. The van der Waals surface area contributed by atoms with Gasteiger partial charge in [0.15, 0.2) is 9.84 Å². The first-order chi connectivity index (χ1) is 9.44. The molecular weight excluding hydrogens is 276 g/mol. The van der Waals surface area contributed by atoms with Crippen LogP contribution in [0.5, 0.6) is 0 Å². The Balaban J connectivity index is 3.05. The summed E-state index contributed by atoms with van der Waals surface area (Å²) < 4.78 is 29.4. The van der Waals surface area contributed by atoms with Crippen LogP contribution in [0.1, 0.15) is 39.5 Å². The van der Waals surface area contributed by atoms with Crippen LogP contribution in [0.15, 0.2) is 0 Å². The first-order valence-corrected chi connectivity index (χ1v) is 9.43. The molecule has 1 fully saturated rings. The van der Waals surface area contributed by atoms with Crippen molar-refractivity contribution in [1.82, 2.24) is 4.90 Å². The van der Waals surface area contributed by atoms with Gasteiger partial charge in [-0.3, -0.25) is 4.90 Å². The van der Waals surface area contributed by atoms with Gasteiger partial charge in [-0.25, -0.2) is 8.42 Å². The SMILES string of the molecule is CCC(CC)N(CCOC)C1(CN)CCCS(=O)(=O)C1. The molecule has 120 valence electrons. The van der Waals surface area contributed by atoms with Crippen molar-refractivity contribution in [1.29, 1.82) is 0 Å². The molecule has 0 amide bonds. The predicted octanol–water partition coefficient (Wildman–Crippen LogP) is 1.03. The quantitative estimate of drug-likeness (QED) is 0.725. The van der Waals surface area contributed by atoms with Gasteiger partial charge in [-0.15, -0.1) is 0 Å². The molecular formula is C14H30N2O3S. The van der Waals surface area contributed by atoms with Gasteiger partial charge in [0.1, 0.15) is 0 Å². The summed E-state index contributed by atoms with van der Waals surface area (Å²) in [5, 5.41) is 0. The summed E-state index contributed by atoms with van der Waals surface area (Å²) >= 11 is 0. The molecule has 0 radical (unpaired) electrons. The molecule has 0 aromatic rings. The van der Waals surface area contributed by atoms with Gasteiger partial charge in [-0.2, -0.15) is 0 Å². The van der Waals surface area contributed by atoms with E-state index in [1.807, 2.05) is 0 Å². The molecule has 0 saturated carbocycles. The summed E-state index contributed by atoms with van der Waals surface area (Å²) in [6, 6.07) is 0.363. The van der Waals surface area contributed by atoms with Crippen LogP contribution in [0.2, 0.25) is 0 Å².